The Morgan fingerprint density at radius 1 is 1.17 bits per heavy atom. The third-order valence-corrected chi connectivity index (χ3v) is 10.4. The van der Waals surface area contributed by atoms with Crippen LogP contribution in [0.4, 0.5) is 0 Å². The minimum Gasteiger partial charge on any atom is -0.466 e. The molecule has 1 aromatic carbocycles. The Morgan fingerprint density at radius 3 is 2.56 bits per heavy atom. The summed E-state index contributed by atoms with van der Waals surface area (Å²) in [5.41, 5.74) is -0.0629. The van der Waals surface area contributed by atoms with Crippen LogP contribution in [-0.2, 0) is 30.4 Å². The van der Waals surface area contributed by atoms with Crippen LogP contribution in [0.15, 0.2) is 30.3 Å². The fraction of sp³-hybridized carbons (Fsp3) is 0.733. The highest BCUT2D eigenvalue weighted by Crippen LogP contribution is 2.68. The summed E-state index contributed by atoms with van der Waals surface area (Å²) in [5, 5.41) is 11.9. The van der Waals surface area contributed by atoms with Crippen LogP contribution in [0.5, 0.6) is 0 Å². The molecular formula is C30H44O6. The minimum absolute atomic E-state index is 0.0449. The second-order valence-corrected chi connectivity index (χ2v) is 12.1. The van der Waals surface area contributed by atoms with Gasteiger partial charge < -0.3 is 19.3 Å². The first-order chi connectivity index (χ1) is 17.1. The van der Waals surface area contributed by atoms with E-state index in [1.165, 1.54) is 6.92 Å². The van der Waals surface area contributed by atoms with Crippen LogP contribution in [0.3, 0.4) is 0 Å². The fourth-order valence-corrected chi connectivity index (χ4v) is 8.08. The molecule has 6 nitrogen and oxygen atoms in total. The van der Waals surface area contributed by atoms with Gasteiger partial charge in [0.15, 0.2) is 0 Å². The van der Waals surface area contributed by atoms with Crippen molar-refractivity contribution in [2.75, 3.05) is 13.4 Å². The molecule has 200 valence electrons. The molecule has 3 aliphatic carbocycles. The number of hydrogen-bond donors (Lipinski definition) is 1. The summed E-state index contributed by atoms with van der Waals surface area (Å²) < 4.78 is 18.0. The first-order valence-corrected chi connectivity index (χ1v) is 13.7. The highest BCUT2D eigenvalue weighted by Gasteiger charge is 2.68. The average molecular weight is 501 g/mol. The Balaban J connectivity index is 1.63. The Bertz CT molecular complexity index is 933. The van der Waals surface area contributed by atoms with Crippen LogP contribution in [0.25, 0.3) is 0 Å². The summed E-state index contributed by atoms with van der Waals surface area (Å²) in [6.07, 6.45) is 3.61. The molecule has 4 rings (SSSR count). The number of ether oxygens (including phenoxy) is 3. The van der Waals surface area contributed by atoms with E-state index in [9.17, 15) is 14.7 Å². The molecule has 3 saturated carbocycles. The van der Waals surface area contributed by atoms with Crippen LogP contribution >= 0.6 is 0 Å². The number of aliphatic hydroxyl groups excluding tert-OH is 1. The van der Waals surface area contributed by atoms with Crippen molar-refractivity contribution in [3.05, 3.63) is 35.9 Å². The smallest absolute Gasteiger partial charge is 0.302 e. The second-order valence-electron chi connectivity index (χ2n) is 12.1. The molecule has 0 spiro atoms. The molecule has 3 aliphatic rings. The highest BCUT2D eigenvalue weighted by molar-refractivity contribution is 5.85. The monoisotopic (exact) mass is 500 g/mol. The SMILES string of the molecule is CC[C@]1(C)C[C@@H](O)[C@@]2(C)C3C(=O)CC[C@@]3(CC[C@H]2COC(C)=O)[C@H](C)C1OCOCc1ccccc1. The van der Waals surface area contributed by atoms with Crippen molar-refractivity contribution in [1.82, 2.24) is 0 Å². The first-order valence-electron chi connectivity index (χ1n) is 13.7. The van der Waals surface area contributed by atoms with Gasteiger partial charge in [0, 0.05) is 30.6 Å². The Morgan fingerprint density at radius 2 is 1.89 bits per heavy atom. The Hall–Kier alpha value is -1.76. The van der Waals surface area contributed by atoms with Gasteiger partial charge in [-0.1, -0.05) is 58.0 Å². The molecule has 1 N–H and O–H groups in total. The number of benzene rings is 1. The van der Waals surface area contributed by atoms with Crippen molar-refractivity contribution in [2.24, 2.45) is 34.0 Å². The molecule has 36 heavy (non-hydrogen) atoms. The average Bonchev–Trinajstić information content (AvgIpc) is 3.21. The molecule has 3 fully saturated rings. The highest BCUT2D eigenvalue weighted by atomic mass is 16.7. The van der Waals surface area contributed by atoms with Gasteiger partial charge in [0.05, 0.1) is 25.4 Å². The summed E-state index contributed by atoms with van der Waals surface area (Å²) >= 11 is 0. The van der Waals surface area contributed by atoms with Crippen LogP contribution in [-0.4, -0.2) is 42.5 Å². The van der Waals surface area contributed by atoms with Gasteiger partial charge in [-0.3, -0.25) is 9.59 Å². The Kier molecular flexibility index (Phi) is 7.99. The van der Waals surface area contributed by atoms with Crippen LogP contribution in [0.2, 0.25) is 0 Å². The summed E-state index contributed by atoms with van der Waals surface area (Å²) in [4.78, 5) is 25.2. The molecule has 0 amide bonds. The van der Waals surface area contributed by atoms with E-state index in [0.717, 1.165) is 31.2 Å². The molecule has 0 saturated heterocycles. The number of aliphatic hydroxyl groups is 1. The third kappa shape index (κ3) is 4.65. The number of hydrogen-bond acceptors (Lipinski definition) is 6. The molecule has 8 atom stereocenters. The van der Waals surface area contributed by atoms with E-state index >= 15 is 0 Å². The molecule has 0 aliphatic heterocycles. The fourth-order valence-electron chi connectivity index (χ4n) is 8.08. The van der Waals surface area contributed by atoms with Crippen molar-refractivity contribution in [3.8, 4) is 0 Å². The topological polar surface area (TPSA) is 82.1 Å². The quantitative estimate of drug-likeness (QED) is 0.296. The molecule has 0 aromatic heterocycles. The van der Waals surface area contributed by atoms with Crippen molar-refractivity contribution in [1.29, 1.82) is 0 Å². The summed E-state index contributed by atoms with van der Waals surface area (Å²) in [6, 6.07) is 10.1. The number of carbonyl (C=O) groups excluding carboxylic acids is 2. The largest absolute Gasteiger partial charge is 0.466 e. The minimum atomic E-state index is -0.696. The van der Waals surface area contributed by atoms with Crippen molar-refractivity contribution >= 4 is 11.8 Å². The molecule has 1 aromatic rings. The molecule has 6 heteroatoms. The zero-order valence-electron chi connectivity index (χ0n) is 22.6. The van der Waals surface area contributed by atoms with E-state index in [2.05, 4.69) is 27.7 Å². The lowest BCUT2D eigenvalue weighted by molar-refractivity contribution is -0.231. The van der Waals surface area contributed by atoms with Gasteiger partial charge in [-0.05, 0) is 54.4 Å². The summed E-state index contributed by atoms with van der Waals surface area (Å²) in [5.74, 6) is -0.251. The van der Waals surface area contributed by atoms with Gasteiger partial charge in [0.2, 0.25) is 0 Å². The zero-order valence-corrected chi connectivity index (χ0v) is 22.6. The van der Waals surface area contributed by atoms with Gasteiger partial charge in [-0.15, -0.1) is 0 Å². The normalized spacial score (nSPS) is 40.3. The van der Waals surface area contributed by atoms with E-state index in [1.807, 2.05) is 30.3 Å². The van der Waals surface area contributed by atoms with E-state index in [4.69, 9.17) is 14.2 Å². The third-order valence-electron chi connectivity index (χ3n) is 10.4. The van der Waals surface area contributed by atoms with Crippen molar-refractivity contribution in [2.45, 2.75) is 92.0 Å². The standard InChI is InChI=1S/C30H44O6/c1-6-28(4)16-25(33)29(5)23(18-35-21(3)31)12-14-30(15-13-24(32)26(29)30)20(2)27(28)36-19-34-17-22-10-8-7-9-11-22/h7-11,20,23,25-27,33H,6,12-19H2,1-5H3/t20-,23+,25-,26?,27?,28-,29+,30+/m1/s1. The van der Waals surface area contributed by atoms with Crippen LogP contribution < -0.4 is 0 Å². The predicted octanol–water partition coefficient (Wildman–Crippen LogP) is 5.31. The number of rotatable bonds is 8. The maximum absolute atomic E-state index is 13.5. The Labute approximate surface area is 216 Å². The molecule has 2 unspecified atom stereocenters. The maximum atomic E-state index is 13.5. The lowest BCUT2D eigenvalue weighted by Crippen LogP contribution is -2.64. The lowest BCUT2D eigenvalue weighted by Gasteiger charge is -2.62. The summed E-state index contributed by atoms with van der Waals surface area (Å²) in [7, 11) is 0. The van der Waals surface area contributed by atoms with Crippen LogP contribution in [0, 0.1) is 34.0 Å². The number of Topliss-reactive ketones (excluding diaryl/α,β-unsaturated/α-hetero) is 1. The zero-order chi connectivity index (χ0) is 26.1. The van der Waals surface area contributed by atoms with E-state index in [1.54, 1.807) is 0 Å². The maximum Gasteiger partial charge on any atom is 0.302 e. The van der Waals surface area contributed by atoms with Gasteiger partial charge in [-0.25, -0.2) is 0 Å². The van der Waals surface area contributed by atoms with Crippen molar-refractivity contribution < 1.29 is 28.9 Å². The number of esters is 1. The van der Waals surface area contributed by atoms with E-state index in [-0.39, 0.29) is 59.8 Å². The predicted molar refractivity (Wildman–Crippen MR) is 137 cm³/mol. The van der Waals surface area contributed by atoms with Gasteiger partial charge in [0.25, 0.3) is 0 Å². The number of ketones is 1. The molecular weight excluding hydrogens is 456 g/mol. The van der Waals surface area contributed by atoms with Crippen LogP contribution in [0.1, 0.15) is 78.7 Å². The first kappa shape index (κ1) is 27.3. The van der Waals surface area contributed by atoms with Crippen molar-refractivity contribution in [3.63, 3.8) is 0 Å². The van der Waals surface area contributed by atoms with Gasteiger partial charge in [-0.2, -0.15) is 0 Å². The van der Waals surface area contributed by atoms with Gasteiger partial charge in [0.1, 0.15) is 12.6 Å². The lowest BCUT2D eigenvalue weighted by atomic mass is 9.43. The molecule has 0 heterocycles. The van der Waals surface area contributed by atoms with E-state index in [0.29, 0.717) is 19.4 Å². The molecule has 2 bridgehead atoms. The van der Waals surface area contributed by atoms with Gasteiger partial charge >= 0.3 is 5.97 Å². The summed E-state index contributed by atoms with van der Waals surface area (Å²) in [6.45, 7) is 11.0. The second kappa shape index (κ2) is 10.5. The molecule has 0 radical (unpaired) electrons. The number of carbonyl (C=O) groups is 2. The van der Waals surface area contributed by atoms with E-state index < -0.39 is 11.5 Å².